The van der Waals surface area contributed by atoms with Crippen molar-refractivity contribution in [2.45, 2.75) is 19.4 Å². The Labute approximate surface area is 86.9 Å². The Morgan fingerprint density at radius 1 is 1.57 bits per heavy atom. The molecule has 1 saturated heterocycles. The van der Waals surface area contributed by atoms with Gasteiger partial charge in [0.2, 0.25) is 0 Å². The third-order valence-electron chi connectivity index (χ3n) is 2.30. The molecule has 0 aromatic carbocycles. The zero-order valence-corrected chi connectivity index (χ0v) is 8.72. The quantitative estimate of drug-likeness (QED) is 0.804. The molecule has 1 fully saturated rings. The molecule has 1 N–H and O–H groups in total. The van der Waals surface area contributed by atoms with Gasteiger partial charge in [0.15, 0.2) is 0 Å². The molecule has 1 aromatic rings. The molecule has 5 heteroatoms. The van der Waals surface area contributed by atoms with E-state index in [-0.39, 0.29) is 6.03 Å². The number of nitrogens with zero attached hydrogens (tertiary/aromatic N) is 2. The lowest BCUT2D eigenvalue weighted by Gasteiger charge is -2.15. The summed E-state index contributed by atoms with van der Waals surface area (Å²) in [6.07, 6.45) is 2.26. The number of hydrogen-bond acceptors (Lipinski definition) is 3. The zero-order valence-electron chi connectivity index (χ0n) is 7.90. The lowest BCUT2D eigenvalue weighted by atomic mass is 10.4. The van der Waals surface area contributed by atoms with E-state index in [1.54, 1.807) is 16.8 Å². The summed E-state index contributed by atoms with van der Waals surface area (Å²) in [6.45, 7) is 2.32. The van der Waals surface area contributed by atoms with E-state index in [1.165, 1.54) is 0 Å². The molecule has 2 amide bonds. The molecular formula is C9H13N3OS. The smallest absolute Gasteiger partial charge is 0.317 e. The van der Waals surface area contributed by atoms with Crippen molar-refractivity contribution in [1.29, 1.82) is 0 Å². The van der Waals surface area contributed by atoms with Gasteiger partial charge < -0.3 is 10.2 Å². The average Bonchev–Trinajstić information content (AvgIpc) is 2.87. The standard InChI is InChI=1S/C9H13N3OS/c13-9(12-3-1-2-4-12)10-5-8-6-14-7-11-8/h6-7H,1-5H2,(H,10,13). The zero-order chi connectivity index (χ0) is 9.80. The maximum atomic E-state index is 11.5. The Balaban J connectivity index is 1.77. The van der Waals surface area contributed by atoms with Gasteiger partial charge in [-0.15, -0.1) is 11.3 Å². The monoisotopic (exact) mass is 211 g/mol. The van der Waals surface area contributed by atoms with Crippen LogP contribution in [0.3, 0.4) is 0 Å². The number of likely N-dealkylation sites (tertiary alicyclic amines) is 1. The third-order valence-corrected chi connectivity index (χ3v) is 2.93. The number of nitrogens with one attached hydrogen (secondary N) is 1. The van der Waals surface area contributed by atoms with Crippen LogP contribution in [-0.4, -0.2) is 29.0 Å². The molecule has 14 heavy (non-hydrogen) atoms. The highest BCUT2D eigenvalue weighted by molar-refractivity contribution is 7.07. The fraction of sp³-hybridized carbons (Fsp3) is 0.556. The Hall–Kier alpha value is -1.10. The van der Waals surface area contributed by atoms with E-state index in [0.717, 1.165) is 31.6 Å². The molecule has 0 unspecified atom stereocenters. The van der Waals surface area contributed by atoms with Crippen LogP contribution in [0.5, 0.6) is 0 Å². The van der Waals surface area contributed by atoms with Crippen molar-refractivity contribution in [3.05, 3.63) is 16.6 Å². The Kier molecular flexibility index (Phi) is 2.98. The molecule has 76 valence electrons. The first kappa shape index (κ1) is 9.45. The normalized spacial score (nSPS) is 15.9. The number of carbonyl (C=O) groups is 1. The van der Waals surface area contributed by atoms with E-state index < -0.39 is 0 Å². The van der Waals surface area contributed by atoms with Crippen molar-refractivity contribution in [3.8, 4) is 0 Å². The van der Waals surface area contributed by atoms with E-state index in [1.807, 2.05) is 10.3 Å². The number of urea groups is 1. The summed E-state index contributed by atoms with van der Waals surface area (Å²) >= 11 is 1.55. The van der Waals surface area contributed by atoms with Crippen molar-refractivity contribution >= 4 is 17.4 Å². The number of thiazole rings is 1. The van der Waals surface area contributed by atoms with Crippen LogP contribution in [-0.2, 0) is 6.54 Å². The fourth-order valence-electron chi connectivity index (χ4n) is 1.52. The predicted molar refractivity (Wildman–Crippen MR) is 55.2 cm³/mol. The summed E-state index contributed by atoms with van der Waals surface area (Å²) in [5.74, 6) is 0. The number of aromatic nitrogens is 1. The molecular weight excluding hydrogens is 198 g/mol. The van der Waals surface area contributed by atoms with E-state index in [4.69, 9.17) is 0 Å². The van der Waals surface area contributed by atoms with Gasteiger partial charge in [0.05, 0.1) is 17.7 Å². The molecule has 0 atom stereocenters. The SMILES string of the molecule is O=C(NCc1cscn1)N1CCCC1. The summed E-state index contributed by atoms with van der Waals surface area (Å²) in [4.78, 5) is 17.5. The summed E-state index contributed by atoms with van der Waals surface area (Å²) in [5, 5.41) is 4.81. The van der Waals surface area contributed by atoms with Gasteiger partial charge in [-0.05, 0) is 12.8 Å². The second-order valence-corrected chi connectivity index (χ2v) is 4.05. The van der Waals surface area contributed by atoms with Gasteiger partial charge in [-0.25, -0.2) is 9.78 Å². The highest BCUT2D eigenvalue weighted by Gasteiger charge is 2.17. The van der Waals surface area contributed by atoms with E-state index in [9.17, 15) is 4.79 Å². The second kappa shape index (κ2) is 4.41. The highest BCUT2D eigenvalue weighted by Crippen LogP contribution is 2.07. The topological polar surface area (TPSA) is 45.2 Å². The molecule has 1 aliphatic rings. The van der Waals surface area contributed by atoms with Gasteiger partial charge in [-0.1, -0.05) is 0 Å². The lowest BCUT2D eigenvalue weighted by molar-refractivity contribution is 0.208. The van der Waals surface area contributed by atoms with Crippen LogP contribution in [0.15, 0.2) is 10.9 Å². The van der Waals surface area contributed by atoms with E-state index in [0.29, 0.717) is 6.54 Å². The predicted octanol–water partition coefficient (Wildman–Crippen LogP) is 1.45. The second-order valence-electron chi connectivity index (χ2n) is 3.33. The van der Waals surface area contributed by atoms with Crippen LogP contribution < -0.4 is 5.32 Å². The van der Waals surface area contributed by atoms with Crippen molar-refractivity contribution in [2.75, 3.05) is 13.1 Å². The Bertz CT molecular complexity index is 293. The van der Waals surface area contributed by atoms with Gasteiger partial charge >= 0.3 is 6.03 Å². The van der Waals surface area contributed by atoms with Crippen LogP contribution >= 0.6 is 11.3 Å². The van der Waals surface area contributed by atoms with Gasteiger partial charge in [-0.2, -0.15) is 0 Å². The lowest BCUT2D eigenvalue weighted by Crippen LogP contribution is -2.37. The van der Waals surface area contributed by atoms with Crippen LogP contribution in [0.25, 0.3) is 0 Å². The van der Waals surface area contributed by atoms with Crippen molar-refractivity contribution in [1.82, 2.24) is 15.2 Å². The minimum atomic E-state index is 0.0375. The van der Waals surface area contributed by atoms with Crippen LogP contribution in [0.2, 0.25) is 0 Å². The summed E-state index contributed by atoms with van der Waals surface area (Å²) < 4.78 is 0. The van der Waals surface area contributed by atoms with Crippen molar-refractivity contribution in [2.24, 2.45) is 0 Å². The largest absolute Gasteiger partial charge is 0.332 e. The third kappa shape index (κ3) is 2.23. The molecule has 0 bridgehead atoms. The molecule has 0 saturated carbocycles. The maximum absolute atomic E-state index is 11.5. The van der Waals surface area contributed by atoms with E-state index >= 15 is 0 Å². The van der Waals surface area contributed by atoms with Gasteiger partial charge in [0, 0.05) is 18.5 Å². The minimum Gasteiger partial charge on any atom is -0.332 e. The molecule has 2 heterocycles. The van der Waals surface area contributed by atoms with Crippen LogP contribution in [0.4, 0.5) is 4.79 Å². The van der Waals surface area contributed by atoms with Gasteiger partial charge in [-0.3, -0.25) is 0 Å². The number of hydrogen-bond donors (Lipinski definition) is 1. The maximum Gasteiger partial charge on any atom is 0.317 e. The van der Waals surface area contributed by atoms with E-state index in [2.05, 4.69) is 10.3 Å². The molecule has 1 aromatic heterocycles. The summed E-state index contributed by atoms with van der Waals surface area (Å²) in [5.41, 5.74) is 2.71. The van der Waals surface area contributed by atoms with Crippen LogP contribution in [0.1, 0.15) is 18.5 Å². The summed E-state index contributed by atoms with van der Waals surface area (Å²) in [7, 11) is 0. The first-order valence-electron chi connectivity index (χ1n) is 4.76. The highest BCUT2D eigenvalue weighted by atomic mass is 32.1. The first-order valence-corrected chi connectivity index (χ1v) is 5.70. The van der Waals surface area contributed by atoms with Gasteiger partial charge in [0.25, 0.3) is 0 Å². The minimum absolute atomic E-state index is 0.0375. The van der Waals surface area contributed by atoms with Gasteiger partial charge in [0.1, 0.15) is 0 Å². The first-order chi connectivity index (χ1) is 6.86. The fourth-order valence-corrected chi connectivity index (χ4v) is 2.08. The number of rotatable bonds is 2. The molecule has 2 rings (SSSR count). The van der Waals surface area contributed by atoms with Crippen molar-refractivity contribution < 1.29 is 4.79 Å². The molecule has 0 spiro atoms. The number of carbonyl (C=O) groups excluding carboxylic acids is 1. The number of amides is 2. The molecule has 4 nitrogen and oxygen atoms in total. The molecule has 1 aliphatic heterocycles. The molecule has 0 aliphatic carbocycles. The Morgan fingerprint density at radius 2 is 2.36 bits per heavy atom. The summed E-state index contributed by atoms with van der Waals surface area (Å²) in [6, 6.07) is 0.0375. The van der Waals surface area contributed by atoms with Crippen molar-refractivity contribution in [3.63, 3.8) is 0 Å². The molecule has 0 radical (unpaired) electrons. The van der Waals surface area contributed by atoms with Crippen LogP contribution in [0, 0.1) is 0 Å². The average molecular weight is 211 g/mol. The Morgan fingerprint density at radius 3 is 3.00 bits per heavy atom.